The molecule has 2 unspecified atom stereocenters. The summed E-state index contributed by atoms with van der Waals surface area (Å²) in [4.78, 5) is 11.3. The van der Waals surface area contributed by atoms with Crippen LogP contribution >= 0.6 is 11.6 Å². The minimum atomic E-state index is -0.506. The molecule has 0 saturated heterocycles. The van der Waals surface area contributed by atoms with Crippen LogP contribution in [0.25, 0.3) is 0 Å². The van der Waals surface area contributed by atoms with Crippen molar-refractivity contribution in [2.75, 3.05) is 6.61 Å². The maximum Gasteiger partial charge on any atom is 0.240 e. The van der Waals surface area contributed by atoms with Crippen LogP contribution in [0.5, 0.6) is 5.75 Å². The molecule has 22 heavy (non-hydrogen) atoms. The predicted octanol–water partition coefficient (Wildman–Crippen LogP) is 2.66. The van der Waals surface area contributed by atoms with E-state index in [4.69, 9.17) is 16.3 Å². The van der Waals surface area contributed by atoms with E-state index in [1.807, 2.05) is 26.8 Å². The lowest BCUT2D eigenvalue weighted by atomic mass is 9.93. The van der Waals surface area contributed by atoms with E-state index < -0.39 is 6.10 Å². The van der Waals surface area contributed by atoms with Crippen LogP contribution in [0, 0.1) is 12.8 Å². The molecule has 0 spiro atoms. The third-order valence-corrected chi connectivity index (χ3v) is 3.96. The Morgan fingerprint density at radius 2 is 2.27 bits per heavy atom. The van der Waals surface area contributed by atoms with Crippen LogP contribution < -0.4 is 10.2 Å². The lowest BCUT2D eigenvalue weighted by Gasteiger charge is -2.21. The molecular formula is C16H21ClN2O3. The molecule has 1 amide bonds. The van der Waals surface area contributed by atoms with Gasteiger partial charge >= 0.3 is 0 Å². The standard InChI is InChI=1S/C16H21ClN2O3/c1-4-12(20)8-22-16-10(3)5-11(7-13(16)17)15-9(2)6-14(21)18-19-15/h5,7,9,12,20H,4,6,8H2,1-3H3,(H,18,21). The molecule has 2 rings (SSSR count). The second-order valence-corrected chi connectivity index (χ2v) is 6.02. The molecule has 0 aromatic heterocycles. The first-order chi connectivity index (χ1) is 10.4. The number of aryl methyl sites for hydroxylation is 1. The van der Waals surface area contributed by atoms with Gasteiger partial charge in [0, 0.05) is 17.9 Å². The molecule has 120 valence electrons. The molecule has 0 aliphatic carbocycles. The maximum absolute atomic E-state index is 11.3. The van der Waals surface area contributed by atoms with Gasteiger partial charge in [0.2, 0.25) is 5.91 Å². The monoisotopic (exact) mass is 324 g/mol. The Balaban J connectivity index is 2.24. The number of rotatable bonds is 5. The van der Waals surface area contributed by atoms with Crippen molar-refractivity contribution >= 4 is 23.2 Å². The molecule has 1 aromatic carbocycles. The summed E-state index contributed by atoms with van der Waals surface area (Å²) in [5.74, 6) is 0.538. The summed E-state index contributed by atoms with van der Waals surface area (Å²) in [6, 6.07) is 3.72. The number of hydrazone groups is 1. The summed E-state index contributed by atoms with van der Waals surface area (Å²) < 4.78 is 5.61. The Kier molecular flexibility index (Phi) is 5.42. The van der Waals surface area contributed by atoms with Crippen molar-refractivity contribution in [1.82, 2.24) is 5.43 Å². The van der Waals surface area contributed by atoms with E-state index in [-0.39, 0.29) is 18.4 Å². The molecule has 1 aromatic rings. The first-order valence-electron chi connectivity index (χ1n) is 7.40. The molecular weight excluding hydrogens is 304 g/mol. The van der Waals surface area contributed by atoms with Gasteiger partial charge in [-0.05, 0) is 31.0 Å². The maximum atomic E-state index is 11.3. The fraction of sp³-hybridized carbons (Fsp3) is 0.500. The Morgan fingerprint density at radius 3 is 2.86 bits per heavy atom. The number of hydrogen-bond acceptors (Lipinski definition) is 4. The Morgan fingerprint density at radius 1 is 1.55 bits per heavy atom. The highest BCUT2D eigenvalue weighted by molar-refractivity contribution is 6.32. The summed E-state index contributed by atoms with van der Waals surface area (Å²) in [6.45, 7) is 5.96. The first kappa shape index (κ1) is 16.8. The number of nitrogens with zero attached hydrogens (tertiary/aromatic N) is 1. The van der Waals surface area contributed by atoms with Crippen molar-refractivity contribution in [3.05, 3.63) is 28.3 Å². The number of ether oxygens (including phenoxy) is 1. The van der Waals surface area contributed by atoms with Crippen molar-refractivity contribution < 1.29 is 14.6 Å². The number of carbonyl (C=O) groups is 1. The van der Waals surface area contributed by atoms with Crippen molar-refractivity contribution in [1.29, 1.82) is 0 Å². The van der Waals surface area contributed by atoms with E-state index in [0.29, 0.717) is 23.6 Å². The number of amides is 1. The van der Waals surface area contributed by atoms with E-state index in [9.17, 15) is 9.90 Å². The highest BCUT2D eigenvalue weighted by Gasteiger charge is 2.23. The van der Waals surface area contributed by atoms with E-state index in [0.717, 1.165) is 16.8 Å². The van der Waals surface area contributed by atoms with Crippen LogP contribution in [-0.2, 0) is 4.79 Å². The lowest BCUT2D eigenvalue weighted by Crippen LogP contribution is -2.32. The molecule has 0 fully saturated rings. The summed E-state index contributed by atoms with van der Waals surface area (Å²) in [6.07, 6.45) is 0.534. The number of benzene rings is 1. The van der Waals surface area contributed by atoms with Crippen molar-refractivity contribution in [3.8, 4) is 5.75 Å². The van der Waals surface area contributed by atoms with E-state index in [2.05, 4.69) is 10.5 Å². The number of halogens is 1. The lowest BCUT2D eigenvalue weighted by molar-refractivity contribution is -0.121. The first-order valence-corrected chi connectivity index (χ1v) is 7.78. The third kappa shape index (κ3) is 3.78. The number of aliphatic hydroxyl groups excluding tert-OH is 1. The van der Waals surface area contributed by atoms with Crippen LogP contribution in [0.4, 0.5) is 0 Å². The molecule has 1 heterocycles. The molecule has 0 bridgehead atoms. The smallest absolute Gasteiger partial charge is 0.240 e. The van der Waals surface area contributed by atoms with Crippen LogP contribution in [0.1, 0.15) is 37.8 Å². The van der Waals surface area contributed by atoms with Gasteiger partial charge in [-0.1, -0.05) is 25.4 Å². The van der Waals surface area contributed by atoms with Crippen LogP contribution in [0.15, 0.2) is 17.2 Å². The summed E-state index contributed by atoms with van der Waals surface area (Å²) >= 11 is 6.31. The zero-order chi connectivity index (χ0) is 16.3. The topological polar surface area (TPSA) is 70.9 Å². The summed E-state index contributed by atoms with van der Waals surface area (Å²) in [5, 5.41) is 14.2. The Labute approximate surface area is 135 Å². The molecule has 0 radical (unpaired) electrons. The molecule has 1 aliphatic heterocycles. The summed E-state index contributed by atoms with van der Waals surface area (Å²) in [5.41, 5.74) is 5.06. The number of carbonyl (C=O) groups excluding carboxylic acids is 1. The molecule has 5 nitrogen and oxygen atoms in total. The highest BCUT2D eigenvalue weighted by Crippen LogP contribution is 2.32. The number of aliphatic hydroxyl groups is 1. The van der Waals surface area contributed by atoms with Crippen molar-refractivity contribution in [2.45, 2.75) is 39.7 Å². The largest absolute Gasteiger partial charge is 0.489 e. The molecule has 6 heteroatoms. The van der Waals surface area contributed by atoms with Gasteiger partial charge in [0.15, 0.2) is 0 Å². The van der Waals surface area contributed by atoms with Gasteiger partial charge in [-0.25, -0.2) is 5.43 Å². The quantitative estimate of drug-likeness (QED) is 0.874. The minimum Gasteiger partial charge on any atom is -0.489 e. The van der Waals surface area contributed by atoms with Crippen LogP contribution in [-0.4, -0.2) is 29.4 Å². The highest BCUT2D eigenvalue weighted by atomic mass is 35.5. The molecule has 0 saturated carbocycles. The van der Waals surface area contributed by atoms with Gasteiger partial charge in [-0.15, -0.1) is 0 Å². The zero-order valence-corrected chi connectivity index (χ0v) is 13.8. The normalized spacial score (nSPS) is 19.4. The van der Waals surface area contributed by atoms with Gasteiger partial charge < -0.3 is 9.84 Å². The second kappa shape index (κ2) is 7.11. The SMILES string of the molecule is CCC(O)COc1c(C)cc(C2=NNC(=O)CC2C)cc1Cl. The van der Waals surface area contributed by atoms with Gasteiger partial charge in [0.05, 0.1) is 16.8 Å². The van der Waals surface area contributed by atoms with Gasteiger partial charge in [-0.2, -0.15) is 5.10 Å². The fourth-order valence-corrected chi connectivity index (χ4v) is 2.68. The molecule has 2 atom stereocenters. The van der Waals surface area contributed by atoms with Gasteiger partial charge in [-0.3, -0.25) is 4.79 Å². The van der Waals surface area contributed by atoms with E-state index >= 15 is 0 Å². The van der Waals surface area contributed by atoms with Gasteiger partial charge in [0.25, 0.3) is 0 Å². The molecule has 2 N–H and O–H groups in total. The number of hydrogen-bond donors (Lipinski definition) is 2. The van der Waals surface area contributed by atoms with Crippen LogP contribution in [0.3, 0.4) is 0 Å². The summed E-state index contributed by atoms with van der Waals surface area (Å²) in [7, 11) is 0. The average Bonchev–Trinajstić information content (AvgIpc) is 2.45. The van der Waals surface area contributed by atoms with E-state index in [1.54, 1.807) is 6.07 Å². The Hall–Kier alpha value is -1.59. The van der Waals surface area contributed by atoms with Gasteiger partial charge in [0.1, 0.15) is 12.4 Å². The van der Waals surface area contributed by atoms with Crippen molar-refractivity contribution in [3.63, 3.8) is 0 Å². The molecule has 1 aliphatic rings. The zero-order valence-electron chi connectivity index (χ0n) is 13.0. The second-order valence-electron chi connectivity index (χ2n) is 5.61. The van der Waals surface area contributed by atoms with Crippen molar-refractivity contribution in [2.24, 2.45) is 11.0 Å². The third-order valence-electron chi connectivity index (χ3n) is 3.68. The minimum absolute atomic E-state index is 0.0397. The average molecular weight is 325 g/mol. The van der Waals surface area contributed by atoms with E-state index in [1.165, 1.54) is 0 Å². The number of nitrogens with one attached hydrogen (secondary N) is 1. The fourth-order valence-electron chi connectivity index (χ4n) is 2.36. The Bertz CT molecular complexity index is 578. The predicted molar refractivity (Wildman–Crippen MR) is 86.4 cm³/mol. The van der Waals surface area contributed by atoms with Crippen LogP contribution in [0.2, 0.25) is 5.02 Å².